The first-order valence-electron chi connectivity index (χ1n) is 2.67. The van der Waals surface area contributed by atoms with E-state index in [1.165, 1.54) is 0 Å². The quantitative estimate of drug-likeness (QED) is 0.332. The zero-order valence-corrected chi connectivity index (χ0v) is 6.32. The van der Waals surface area contributed by atoms with Crippen LogP contribution in [0.3, 0.4) is 0 Å². The maximum Gasteiger partial charge on any atom is 0.0726 e. The molecule has 1 aliphatic carbocycles. The van der Waals surface area contributed by atoms with Crippen molar-refractivity contribution in [3.63, 3.8) is 0 Å². The van der Waals surface area contributed by atoms with Gasteiger partial charge in [0.15, 0.2) is 0 Å². The zero-order chi connectivity index (χ0) is 7.72. The average Bonchev–Trinajstić information content (AvgIpc) is 1.84. The van der Waals surface area contributed by atoms with E-state index in [4.69, 9.17) is 20.4 Å². The van der Waals surface area contributed by atoms with Crippen LogP contribution in [0.4, 0.5) is 0 Å². The third-order valence-corrected chi connectivity index (χ3v) is 1.17. The molecular weight excluding hydrogens is 195 g/mol. The van der Waals surface area contributed by atoms with Gasteiger partial charge in [-0.3, -0.25) is 0 Å². The Kier molecular flexibility index (Phi) is 3.46. The Balaban J connectivity index is 0.000001000. The molecule has 4 nitrogen and oxygen atoms in total. The largest absolute Gasteiger partial charge is 0.589 e. The summed E-state index contributed by atoms with van der Waals surface area (Å²) in [4.78, 5) is 0. The van der Waals surface area contributed by atoms with Crippen LogP contribution >= 0.6 is 0 Å². The SMILES string of the molecule is OC1=C[C-](O)C(O)C=C1O.[Ni]. The van der Waals surface area contributed by atoms with Gasteiger partial charge in [-0.25, -0.2) is 0 Å². The van der Waals surface area contributed by atoms with Gasteiger partial charge in [0.25, 0.3) is 0 Å². The monoisotopic (exact) mass is 201 g/mol. The Morgan fingerprint density at radius 3 is 2.27 bits per heavy atom. The first-order valence-corrected chi connectivity index (χ1v) is 2.67. The van der Waals surface area contributed by atoms with Crippen molar-refractivity contribution in [2.75, 3.05) is 0 Å². The van der Waals surface area contributed by atoms with Crippen molar-refractivity contribution < 1.29 is 36.9 Å². The number of hydrogen-bond acceptors (Lipinski definition) is 4. The molecule has 0 bridgehead atoms. The molecule has 0 amide bonds. The van der Waals surface area contributed by atoms with E-state index in [9.17, 15) is 0 Å². The molecule has 0 heterocycles. The summed E-state index contributed by atoms with van der Waals surface area (Å²) in [5.74, 6) is -0.867. The van der Waals surface area contributed by atoms with E-state index < -0.39 is 17.6 Å². The molecule has 0 fully saturated rings. The molecule has 1 aliphatic rings. The zero-order valence-electron chi connectivity index (χ0n) is 5.34. The average molecular weight is 202 g/mol. The predicted octanol–water partition coefficient (Wildman–Crippen LogP) is 0.147. The van der Waals surface area contributed by atoms with Crippen LogP contribution in [0.25, 0.3) is 0 Å². The van der Waals surface area contributed by atoms with Gasteiger partial charge in [0.1, 0.15) is 0 Å². The fraction of sp³-hybridized carbons (Fsp3) is 0.167. The van der Waals surface area contributed by atoms with Gasteiger partial charge in [0.2, 0.25) is 0 Å². The molecular formula is C6H7NiO4-. The standard InChI is InChI=1S/C6H7O4.Ni/c7-3-1-4(8)6(10)2-5(3)9;/h1-3,7-10H;/q-1;. The Hall–Kier alpha value is -0.636. The summed E-state index contributed by atoms with van der Waals surface area (Å²) >= 11 is 0. The second kappa shape index (κ2) is 3.67. The van der Waals surface area contributed by atoms with Crippen LogP contribution in [0.5, 0.6) is 0 Å². The number of hydrogen-bond donors (Lipinski definition) is 4. The van der Waals surface area contributed by atoms with Crippen LogP contribution in [0.1, 0.15) is 0 Å². The summed E-state index contributed by atoms with van der Waals surface area (Å²) in [6.07, 6.45) is 0.233. The molecule has 1 rings (SSSR count). The van der Waals surface area contributed by atoms with Gasteiger partial charge in [0.05, 0.1) is 11.9 Å². The van der Waals surface area contributed by atoms with Crippen molar-refractivity contribution >= 4 is 0 Å². The second-order valence-electron chi connectivity index (χ2n) is 1.95. The van der Waals surface area contributed by atoms with Gasteiger partial charge in [-0.2, -0.15) is 6.08 Å². The van der Waals surface area contributed by atoms with Crippen LogP contribution in [-0.2, 0) is 16.5 Å². The Morgan fingerprint density at radius 2 is 1.82 bits per heavy atom. The van der Waals surface area contributed by atoms with E-state index in [0.29, 0.717) is 0 Å². The molecule has 0 aromatic heterocycles. The first kappa shape index (κ1) is 10.4. The van der Waals surface area contributed by atoms with E-state index >= 15 is 0 Å². The third kappa shape index (κ3) is 2.15. The smallest absolute Gasteiger partial charge is 0.0726 e. The first-order chi connectivity index (χ1) is 4.61. The molecule has 0 aromatic carbocycles. The topological polar surface area (TPSA) is 80.9 Å². The maximum atomic E-state index is 8.79. The van der Waals surface area contributed by atoms with Crippen molar-refractivity contribution in [2.45, 2.75) is 6.10 Å². The molecule has 66 valence electrons. The maximum absolute atomic E-state index is 8.79. The van der Waals surface area contributed by atoms with E-state index in [0.717, 1.165) is 12.2 Å². The fourth-order valence-electron chi connectivity index (χ4n) is 0.620. The van der Waals surface area contributed by atoms with Crippen molar-refractivity contribution in [2.24, 2.45) is 0 Å². The van der Waals surface area contributed by atoms with Crippen LogP contribution in [-0.4, -0.2) is 26.5 Å². The summed E-state index contributed by atoms with van der Waals surface area (Å²) in [6.45, 7) is 0. The van der Waals surface area contributed by atoms with Gasteiger partial charge in [-0.15, -0.1) is 0 Å². The molecule has 0 saturated carbocycles. The molecule has 0 aliphatic heterocycles. The van der Waals surface area contributed by atoms with Crippen LogP contribution < -0.4 is 0 Å². The second-order valence-corrected chi connectivity index (χ2v) is 1.95. The summed E-state index contributed by atoms with van der Waals surface area (Å²) in [7, 11) is 0. The molecule has 1 unspecified atom stereocenters. The molecule has 0 radical (unpaired) electrons. The van der Waals surface area contributed by atoms with E-state index in [2.05, 4.69) is 0 Å². The van der Waals surface area contributed by atoms with Gasteiger partial charge in [-0.05, 0) is 6.08 Å². The van der Waals surface area contributed by atoms with Crippen LogP contribution in [0.15, 0.2) is 23.7 Å². The van der Waals surface area contributed by atoms with Crippen molar-refractivity contribution in [1.82, 2.24) is 0 Å². The Morgan fingerprint density at radius 1 is 1.27 bits per heavy atom. The number of rotatable bonds is 0. The van der Waals surface area contributed by atoms with Gasteiger partial charge < -0.3 is 20.4 Å². The molecule has 0 spiro atoms. The number of aliphatic hydroxyl groups excluding tert-OH is 4. The van der Waals surface area contributed by atoms with Crippen LogP contribution in [0.2, 0.25) is 0 Å². The molecule has 5 heteroatoms. The van der Waals surface area contributed by atoms with E-state index in [-0.39, 0.29) is 22.6 Å². The van der Waals surface area contributed by atoms with Gasteiger partial charge in [0, 0.05) is 22.3 Å². The van der Waals surface area contributed by atoms with Gasteiger partial charge in [-0.1, -0.05) is 6.10 Å². The fourth-order valence-corrected chi connectivity index (χ4v) is 0.620. The van der Waals surface area contributed by atoms with Crippen molar-refractivity contribution in [3.05, 3.63) is 29.8 Å². The Labute approximate surface area is 73.4 Å². The summed E-state index contributed by atoms with van der Waals surface area (Å²) in [5, 5.41) is 35.0. The van der Waals surface area contributed by atoms with E-state index in [1.54, 1.807) is 0 Å². The van der Waals surface area contributed by atoms with Crippen molar-refractivity contribution in [1.29, 1.82) is 0 Å². The third-order valence-electron chi connectivity index (χ3n) is 1.17. The summed E-state index contributed by atoms with van der Waals surface area (Å²) in [6, 6.07) is 0. The van der Waals surface area contributed by atoms with Crippen LogP contribution in [0, 0.1) is 6.10 Å². The summed E-state index contributed by atoms with van der Waals surface area (Å²) < 4.78 is 0. The molecule has 0 saturated heterocycles. The minimum absolute atomic E-state index is 0. The molecule has 11 heavy (non-hydrogen) atoms. The number of aliphatic hydroxyl groups is 4. The van der Waals surface area contributed by atoms with Crippen molar-refractivity contribution in [3.8, 4) is 0 Å². The minimum Gasteiger partial charge on any atom is -0.589 e. The normalized spacial score (nSPS) is 23.5. The summed E-state index contributed by atoms with van der Waals surface area (Å²) in [5.41, 5.74) is 0. The molecule has 1 atom stereocenters. The molecule has 0 aromatic rings. The minimum atomic E-state index is -1.21. The van der Waals surface area contributed by atoms with E-state index in [1.807, 2.05) is 0 Å². The molecule has 4 N–H and O–H groups in total. The van der Waals surface area contributed by atoms with Gasteiger partial charge >= 0.3 is 0 Å². The Bertz CT molecular complexity index is 177. The predicted molar refractivity (Wildman–Crippen MR) is 32.6 cm³/mol.